The molecule has 1 aliphatic rings. The van der Waals surface area contributed by atoms with Gasteiger partial charge in [0.05, 0.1) is 5.69 Å². The average molecular weight is 363 g/mol. The van der Waals surface area contributed by atoms with Crippen LogP contribution in [0.15, 0.2) is 36.9 Å². The number of anilines is 1. The molecule has 4 rings (SSSR count). The zero-order valence-corrected chi connectivity index (χ0v) is 15.3. The van der Waals surface area contributed by atoms with Crippen LogP contribution in [-0.4, -0.2) is 37.2 Å². The van der Waals surface area contributed by atoms with Crippen LogP contribution in [0.3, 0.4) is 0 Å². The molecule has 138 valence electrons. The Morgan fingerprint density at radius 1 is 1.26 bits per heavy atom. The molecule has 0 radical (unpaired) electrons. The van der Waals surface area contributed by atoms with E-state index in [4.69, 9.17) is 4.98 Å². The summed E-state index contributed by atoms with van der Waals surface area (Å²) in [5.74, 6) is 1.39. The molecule has 27 heavy (non-hydrogen) atoms. The zero-order chi connectivity index (χ0) is 18.8. The van der Waals surface area contributed by atoms with Gasteiger partial charge in [0, 0.05) is 24.6 Å². The molecule has 8 nitrogen and oxygen atoms in total. The van der Waals surface area contributed by atoms with E-state index in [-0.39, 0.29) is 11.8 Å². The van der Waals surface area contributed by atoms with Crippen molar-refractivity contribution in [2.45, 2.75) is 32.7 Å². The molecule has 0 saturated heterocycles. The largest absolute Gasteiger partial charge is 0.366 e. The molecule has 0 fully saturated rings. The zero-order valence-electron chi connectivity index (χ0n) is 15.3. The fraction of sp³-hybridized carbons (Fsp3) is 0.316. The molecule has 2 N–H and O–H groups in total. The Hall–Kier alpha value is -3.29. The summed E-state index contributed by atoms with van der Waals surface area (Å²) in [6.45, 7) is 5.19. The number of para-hydroxylation sites is 1. The summed E-state index contributed by atoms with van der Waals surface area (Å²) in [6.07, 6.45) is 3.90. The monoisotopic (exact) mass is 363 g/mol. The van der Waals surface area contributed by atoms with Gasteiger partial charge in [-0.1, -0.05) is 32.0 Å². The van der Waals surface area contributed by atoms with Crippen LogP contribution in [0.4, 0.5) is 5.82 Å². The number of amides is 1. The van der Waals surface area contributed by atoms with E-state index in [1.54, 1.807) is 11.0 Å². The van der Waals surface area contributed by atoms with Crippen molar-refractivity contribution in [3.05, 3.63) is 59.6 Å². The molecule has 0 unspecified atom stereocenters. The third kappa shape index (κ3) is 3.38. The third-order valence-corrected chi connectivity index (χ3v) is 4.52. The lowest BCUT2D eigenvalue weighted by Gasteiger charge is -2.21. The molecule has 1 amide bonds. The van der Waals surface area contributed by atoms with Gasteiger partial charge in [-0.3, -0.25) is 4.79 Å². The highest BCUT2D eigenvalue weighted by atomic mass is 16.1. The number of carbonyl (C=O) groups excluding carboxylic acids is 1. The molecule has 0 aliphatic carbocycles. The molecule has 0 spiro atoms. The molecular weight excluding hydrogens is 342 g/mol. The average Bonchev–Trinajstić information content (AvgIpc) is 3.21. The van der Waals surface area contributed by atoms with E-state index in [2.05, 4.69) is 25.7 Å². The topological polar surface area (TPSA) is 97.6 Å². The Morgan fingerprint density at radius 3 is 2.89 bits per heavy atom. The van der Waals surface area contributed by atoms with E-state index < -0.39 is 0 Å². The predicted molar refractivity (Wildman–Crippen MR) is 101 cm³/mol. The third-order valence-electron chi connectivity index (χ3n) is 4.52. The number of hydrogen-bond acceptors (Lipinski definition) is 6. The molecule has 0 bridgehead atoms. The second kappa shape index (κ2) is 7.14. The summed E-state index contributed by atoms with van der Waals surface area (Å²) >= 11 is 0. The highest BCUT2D eigenvalue weighted by Gasteiger charge is 2.24. The number of fused-ring (bicyclic) bond motifs is 1. The van der Waals surface area contributed by atoms with Gasteiger partial charge in [0.25, 0.3) is 5.91 Å². The van der Waals surface area contributed by atoms with Crippen molar-refractivity contribution in [2.24, 2.45) is 0 Å². The van der Waals surface area contributed by atoms with Crippen LogP contribution in [-0.2, 0) is 13.0 Å². The van der Waals surface area contributed by atoms with Crippen molar-refractivity contribution in [1.82, 2.24) is 30.0 Å². The first-order chi connectivity index (χ1) is 13.1. The van der Waals surface area contributed by atoms with Crippen LogP contribution >= 0.6 is 0 Å². The number of aromatic nitrogens is 5. The fourth-order valence-electron chi connectivity index (χ4n) is 3.11. The quantitative estimate of drug-likeness (QED) is 0.720. The van der Waals surface area contributed by atoms with Crippen molar-refractivity contribution in [3.63, 3.8) is 0 Å². The van der Waals surface area contributed by atoms with Gasteiger partial charge in [-0.15, -0.1) is 0 Å². The fourth-order valence-corrected chi connectivity index (χ4v) is 3.11. The van der Waals surface area contributed by atoms with Crippen LogP contribution in [0.5, 0.6) is 0 Å². The minimum Gasteiger partial charge on any atom is -0.366 e. The van der Waals surface area contributed by atoms with Crippen molar-refractivity contribution in [3.8, 4) is 5.69 Å². The molecule has 3 heterocycles. The second-order valence-corrected chi connectivity index (χ2v) is 6.74. The highest BCUT2D eigenvalue weighted by molar-refractivity contribution is 5.96. The van der Waals surface area contributed by atoms with Gasteiger partial charge in [0.1, 0.15) is 30.0 Å². The smallest absolute Gasteiger partial charge is 0.270 e. The van der Waals surface area contributed by atoms with Gasteiger partial charge in [-0.05, 0) is 18.1 Å². The van der Waals surface area contributed by atoms with E-state index in [1.807, 2.05) is 38.1 Å². The summed E-state index contributed by atoms with van der Waals surface area (Å²) in [7, 11) is 0. The first-order valence-electron chi connectivity index (χ1n) is 8.99. The van der Waals surface area contributed by atoms with Crippen LogP contribution < -0.4 is 10.6 Å². The number of nitrogens with zero attached hydrogens (tertiary/aromatic N) is 5. The van der Waals surface area contributed by atoms with Gasteiger partial charge < -0.3 is 10.6 Å². The Morgan fingerprint density at radius 2 is 2.11 bits per heavy atom. The highest BCUT2D eigenvalue weighted by Crippen LogP contribution is 2.24. The molecule has 0 atom stereocenters. The SMILES string of the molecule is CC(C)c1nc(NCc2ccccc2-n2cncn2)c2c(n1)C(=O)NCC2. The summed E-state index contributed by atoms with van der Waals surface area (Å²) in [5.41, 5.74) is 3.36. The van der Waals surface area contributed by atoms with E-state index in [0.717, 1.165) is 22.6 Å². The number of nitrogens with one attached hydrogen (secondary N) is 2. The van der Waals surface area contributed by atoms with Crippen molar-refractivity contribution < 1.29 is 4.79 Å². The second-order valence-electron chi connectivity index (χ2n) is 6.74. The molecular formula is C19H21N7O. The van der Waals surface area contributed by atoms with Crippen LogP contribution in [0, 0.1) is 0 Å². The lowest BCUT2D eigenvalue weighted by Crippen LogP contribution is -2.34. The maximum Gasteiger partial charge on any atom is 0.270 e. The Bertz CT molecular complexity index is 966. The first-order valence-corrected chi connectivity index (χ1v) is 8.99. The maximum atomic E-state index is 12.2. The van der Waals surface area contributed by atoms with Crippen molar-refractivity contribution >= 4 is 11.7 Å². The normalized spacial score (nSPS) is 13.4. The maximum absolute atomic E-state index is 12.2. The summed E-state index contributed by atoms with van der Waals surface area (Å²) < 4.78 is 1.74. The lowest BCUT2D eigenvalue weighted by atomic mass is 10.0. The number of rotatable bonds is 5. The molecule has 3 aromatic rings. The Labute approximate surface area is 157 Å². The van der Waals surface area contributed by atoms with Gasteiger partial charge in [0.2, 0.25) is 0 Å². The molecule has 2 aromatic heterocycles. The van der Waals surface area contributed by atoms with Gasteiger partial charge in [0.15, 0.2) is 0 Å². The van der Waals surface area contributed by atoms with Crippen LogP contribution in [0.2, 0.25) is 0 Å². The van der Waals surface area contributed by atoms with Crippen molar-refractivity contribution in [1.29, 1.82) is 0 Å². The van der Waals surface area contributed by atoms with E-state index in [1.165, 1.54) is 6.33 Å². The molecule has 1 aromatic carbocycles. The van der Waals surface area contributed by atoms with Crippen LogP contribution in [0.1, 0.15) is 47.2 Å². The predicted octanol–water partition coefficient (Wildman–Crippen LogP) is 2.08. The Kier molecular flexibility index (Phi) is 4.53. The summed E-state index contributed by atoms with van der Waals surface area (Å²) in [6, 6.07) is 7.98. The molecule has 0 saturated carbocycles. The van der Waals surface area contributed by atoms with Gasteiger partial charge in [-0.25, -0.2) is 19.6 Å². The van der Waals surface area contributed by atoms with Gasteiger partial charge >= 0.3 is 0 Å². The van der Waals surface area contributed by atoms with E-state index in [9.17, 15) is 4.79 Å². The Balaban J connectivity index is 1.67. The minimum absolute atomic E-state index is 0.132. The lowest BCUT2D eigenvalue weighted by molar-refractivity contribution is 0.0940. The standard InChI is InChI=1S/C19H21N7O/c1-12(2)17-24-16-14(7-8-21-19(16)27)18(25-17)22-9-13-5-3-4-6-15(13)26-11-20-10-23-26/h3-6,10-12H,7-9H2,1-2H3,(H,21,27)(H,22,24,25). The van der Waals surface area contributed by atoms with Crippen molar-refractivity contribution in [2.75, 3.05) is 11.9 Å². The molecule has 8 heteroatoms. The molecule has 1 aliphatic heterocycles. The first kappa shape index (κ1) is 17.1. The minimum atomic E-state index is -0.133. The number of carbonyl (C=O) groups is 1. The number of hydrogen-bond donors (Lipinski definition) is 2. The summed E-state index contributed by atoms with van der Waals surface area (Å²) in [5, 5.41) is 10.5. The van der Waals surface area contributed by atoms with Gasteiger partial charge in [-0.2, -0.15) is 5.10 Å². The summed E-state index contributed by atoms with van der Waals surface area (Å²) in [4.78, 5) is 25.4. The number of benzene rings is 1. The van der Waals surface area contributed by atoms with E-state index >= 15 is 0 Å². The van der Waals surface area contributed by atoms with E-state index in [0.29, 0.717) is 31.0 Å². The van der Waals surface area contributed by atoms with Crippen LogP contribution in [0.25, 0.3) is 5.69 Å².